The Bertz CT molecular complexity index is 754. The molecule has 164 valence electrons. The molecule has 0 aromatic heterocycles. The third kappa shape index (κ3) is 5.48. The average Bonchev–Trinajstić information content (AvgIpc) is 3.01. The lowest BCUT2D eigenvalue weighted by Gasteiger charge is -2.29. The predicted octanol–water partition coefficient (Wildman–Crippen LogP) is 4.38. The minimum absolute atomic E-state index is 0.232. The lowest BCUT2D eigenvalue weighted by atomic mass is 10.0. The predicted molar refractivity (Wildman–Crippen MR) is 115 cm³/mol. The van der Waals surface area contributed by atoms with Crippen LogP contribution in [0.4, 0.5) is 4.39 Å². The van der Waals surface area contributed by atoms with Crippen LogP contribution >= 0.6 is 0 Å². The minimum Gasteiger partial charge on any atom is -0.378 e. The minimum atomic E-state index is -0.361. The number of unbranched alkanes of at least 4 members (excludes halogenated alkanes) is 7. The van der Waals surface area contributed by atoms with Crippen LogP contribution in [0.2, 0.25) is 0 Å². The molecule has 0 N–H and O–H groups in total. The molecule has 1 fully saturated rings. The lowest BCUT2D eigenvalue weighted by molar-refractivity contribution is -0.137. The van der Waals surface area contributed by atoms with Crippen LogP contribution in [0.1, 0.15) is 63.9 Å². The molecule has 0 atom stereocenters. The molecule has 1 saturated heterocycles. The molecule has 0 unspecified atom stereocenters. The zero-order valence-corrected chi connectivity index (χ0v) is 18.0. The van der Waals surface area contributed by atoms with Crippen molar-refractivity contribution in [3.05, 3.63) is 41.3 Å². The fourth-order valence-corrected chi connectivity index (χ4v) is 4.13. The van der Waals surface area contributed by atoms with Crippen molar-refractivity contribution >= 4 is 17.4 Å². The van der Waals surface area contributed by atoms with Gasteiger partial charge < -0.3 is 9.64 Å². The number of ether oxygens (including phenoxy) is 1. The van der Waals surface area contributed by atoms with Crippen molar-refractivity contribution in [1.82, 2.24) is 9.80 Å². The van der Waals surface area contributed by atoms with Crippen LogP contribution < -0.4 is 0 Å². The lowest BCUT2D eigenvalue weighted by Crippen LogP contribution is -2.40. The number of morpholine rings is 1. The van der Waals surface area contributed by atoms with Crippen LogP contribution in [0, 0.1) is 5.82 Å². The first-order chi connectivity index (χ1) is 14.6. The smallest absolute Gasteiger partial charge is 0.277 e. The van der Waals surface area contributed by atoms with E-state index < -0.39 is 0 Å². The van der Waals surface area contributed by atoms with Crippen molar-refractivity contribution in [2.24, 2.45) is 0 Å². The Hall–Kier alpha value is -2.21. The molecule has 1 aromatic carbocycles. The van der Waals surface area contributed by atoms with Crippen molar-refractivity contribution in [2.75, 3.05) is 32.8 Å². The fourth-order valence-electron chi connectivity index (χ4n) is 4.13. The number of hydrogen-bond donors (Lipinski definition) is 0. The zero-order valence-electron chi connectivity index (χ0n) is 18.0. The summed E-state index contributed by atoms with van der Waals surface area (Å²) in [4.78, 5) is 29.7. The number of benzene rings is 1. The van der Waals surface area contributed by atoms with Crippen LogP contribution in [0.3, 0.4) is 0 Å². The van der Waals surface area contributed by atoms with Gasteiger partial charge in [0.2, 0.25) is 0 Å². The van der Waals surface area contributed by atoms with Gasteiger partial charge in [-0.3, -0.25) is 14.5 Å². The maximum Gasteiger partial charge on any atom is 0.277 e. The first-order valence-electron chi connectivity index (χ1n) is 11.3. The quantitative estimate of drug-likeness (QED) is 0.397. The van der Waals surface area contributed by atoms with E-state index in [1.807, 2.05) is 4.90 Å². The summed E-state index contributed by atoms with van der Waals surface area (Å²) >= 11 is 0. The highest BCUT2D eigenvalue weighted by Gasteiger charge is 2.41. The van der Waals surface area contributed by atoms with Gasteiger partial charge in [-0.15, -0.1) is 0 Å². The SMILES string of the molecule is CCCCCCCCCCN1C(=O)C(c2ccc(F)cc2)=C(N2CCOCC2)C1=O. The molecule has 0 bridgehead atoms. The Morgan fingerprint density at radius 3 is 2.10 bits per heavy atom. The summed E-state index contributed by atoms with van der Waals surface area (Å²) in [5, 5.41) is 0. The zero-order chi connectivity index (χ0) is 21.3. The first kappa shape index (κ1) is 22.5. The molecule has 2 aliphatic heterocycles. The Morgan fingerprint density at radius 1 is 0.867 bits per heavy atom. The molecule has 0 saturated carbocycles. The molecule has 6 heteroatoms. The van der Waals surface area contributed by atoms with Crippen LogP contribution in [0.15, 0.2) is 30.0 Å². The van der Waals surface area contributed by atoms with E-state index in [1.165, 1.54) is 49.1 Å². The largest absolute Gasteiger partial charge is 0.378 e. The van der Waals surface area contributed by atoms with Gasteiger partial charge in [0.15, 0.2) is 0 Å². The molecule has 30 heavy (non-hydrogen) atoms. The van der Waals surface area contributed by atoms with Gasteiger partial charge in [0.05, 0.1) is 18.8 Å². The molecule has 2 heterocycles. The van der Waals surface area contributed by atoms with Gasteiger partial charge in [-0.05, 0) is 24.1 Å². The third-order valence-electron chi connectivity index (χ3n) is 5.84. The van der Waals surface area contributed by atoms with Crippen molar-refractivity contribution in [1.29, 1.82) is 0 Å². The average molecular weight is 417 g/mol. The van der Waals surface area contributed by atoms with Gasteiger partial charge in [-0.1, -0.05) is 64.0 Å². The number of carbonyl (C=O) groups excluding carboxylic acids is 2. The molecule has 2 amide bonds. The molecule has 0 radical (unpaired) electrons. The maximum absolute atomic E-state index is 13.4. The second-order valence-electron chi connectivity index (χ2n) is 8.07. The third-order valence-corrected chi connectivity index (χ3v) is 5.84. The molecular weight excluding hydrogens is 383 g/mol. The Balaban J connectivity index is 1.66. The molecule has 1 aromatic rings. The topological polar surface area (TPSA) is 49.9 Å². The van der Waals surface area contributed by atoms with E-state index in [9.17, 15) is 14.0 Å². The number of nitrogens with zero attached hydrogens (tertiary/aromatic N) is 2. The summed E-state index contributed by atoms with van der Waals surface area (Å²) in [5.74, 6) is -0.861. The van der Waals surface area contributed by atoms with Crippen LogP contribution in [-0.2, 0) is 14.3 Å². The molecule has 0 spiro atoms. The normalized spacial score (nSPS) is 17.4. The number of rotatable bonds is 11. The second kappa shape index (κ2) is 11.3. The molecule has 3 rings (SSSR count). The summed E-state index contributed by atoms with van der Waals surface area (Å²) in [6, 6.07) is 5.82. The highest BCUT2D eigenvalue weighted by Crippen LogP contribution is 2.32. The maximum atomic E-state index is 13.4. The summed E-state index contributed by atoms with van der Waals surface area (Å²) in [6.07, 6.45) is 9.25. The number of carbonyl (C=O) groups is 2. The molecular formula is C24H33FN2O3. The molecule has 0 aliphatic carbocycles. The highest BCUT2D eigenvalue weighted by atomic mass is 19.1. The van der Waals surface area contributed by atoms with Gasteiger partial charge in [0.25, 0.3) is 11.8 Å². The van der Waals surface area contributed by atoms with Gasteiger partial charge in [0.1, 0.15) is 11.5 Å². The molecule has 2 aliphatic rings. The number of hydrogen-bond acceptors (Lipinski definition) is 4. The summed E-state index contributed by atoms with van der Waals surface area (Å²) in [5.41, 5.74) is 1.42. The van der Waals surface area contributed by atoms with E-state index in [0.29, 0.717) is 49.7 Å². The van der Waals surface area contributed by atoms with Gasteiger partial charge in [-0.2, -0.15) is 0 Å². The fraction of sp³-hybridized carbons (Fsp3) is 0.583. The number of amides is 2. The van der Waals surface area contributed by atoms with E-state index >= 15 is 0 Å². The number of imide groups is 1. The standard InChI is InChI=1S/C24H33FN2O3/c1-2-3-4-5-6-7-8-9-14-27-23(28)21(19-10-12-20(25)13-11-19)22(24(27)29)26-15-17-30-18-16-26/h10-13H,2-9,14-18H2,1H3. The van der Waals surface area contributed by atoms with Crippen molar-refractivity contribution < 1.29 is 18.7 Å². The van der Waals surface area contributed by atoms with Crippen molar-refractivity contribution in [3.63, 3.8) is 0 Å². The van der Waals surface area contributed by atoms with Crippen LogP contribution in [0.5, 0.6) is 0 Å². The van der Waals surface area contributed by atoms with Gasteiger partial charge in [-0.25, -0.2) is 4.39 Å². The van der Waals surface area contributed by atoms with Gasteiger partial charge >= 0.3 is 0 Å². The molecule has 5 nitrogen and oxygen atoms in total. The van der Waals surface area contributed by atoms with Crippen LogP contribution in [0.25, 0.3) is 5.57 Å². The van der Waals surface area contributed by atoms with E-state index in [-0.39, 0.29) is 17.6 Å². The number of halogens is 1. The first-order valence-corrected chi connectivity index (χ1v) is 11.3. The summed E-state index contributed by atoms with van der Waals surface area (Å²) in [6.45, 7) is 4.85. The van der Waals surface area contributed by atoms with E-state index in [4.69, 9.17) is 4.74 Å². The summed E-state index contributed by atoms with van der Waals surface area (Å²) in [7, 11) is 0. The Morgan fingerprint density at radius 2 is 1.47 bits per heavy atom. The monoisotopic (exact) mass is 416 g/mol. The second-order valence-corrected chi connectivity index (χ2v) is 8.07. The highest BCUT2D eigenvalue weighted by molar-refractivity contribution is 6.35. The van der Waals surface area contributed by atoms with Gasteiger partial charge in [0, 0.05) is 19.6 Å². The van der Waals surface area contributed by atoms with E-state index in [2.05, 4.69) is 6.92 Å². The van der Waals surface area contributed by atoms with E-state index in [1.54, 1.807) is 12.1 Å². The summed E-state index contributed by atoms with van der Waals surface area (Å²) < 4.78 is 18.8. The van der Waals surface area contributed by atoms with Crippen molar-refractivity contribution in [3.8, 4) is 0 Å². The van der Waals surface area contributed by atoms with E-state index in [0.717, 1.165) is 19.3 Å². The Kier molecular flexibility index (Phi) is 8.43. The van der Waals surface area contributed by atoms with Crippen LogP contribution in [-0.4, -0.2) is 54.5 Å². The van der Waals surface area contributed by atoms with Crippen molar-refractivity contribution in [2.45, 2.75) is 58.3 Å². The Labute approximate surface area is 178 Å².